The van der Waals surface area contributed by atoms with Gasteiger partial charge in [0, 0.05) is 44.2 Å². The Kier molecular flexibility index (Phi) is 3.91. The summed E-state index contributed by atoms with van der Waals surface area (Å²) in [5.41, 5.74) is 7.55. The van der Waals surface area contributed by atoms with E-state index in [9.17, 15) is 0 Å². The van der Waals surface area contributed by atoms with Crippen molar-refractivity contribution in [2.24, 2.45) is 5.73 Å². The summed E-state index contributed by atoms with van der Waals surface area (Å²) in [7, 11) is 2.00. The Hall–Kier alpha value is -1.20. The van der Waals surface area contributed by atoms with E-state index in [4.69, 9.17) is 10.5 Å². The van der Waals surface area contributed by atoms with E-state index in [2.05, 4.69) is 9.97 Å². The van der Waals surface area contributed by atoms with Crippen molar-refractivity contribution in [3.8, 4) is 0 Å². The lowest BCUT2D eigenvalue weighted by atomic mass is 10.2. The molecule has 2 heterocycles. The van der Waals surface area contributed by atoms with Crippen LogP contribution in [0, 0.1) is 6.92 Å². The predicted octanol–water partition coefficient (Wildman–Crippen LogP) is 0.859. The summed E-state index contributed by atoms with van der Waals surface area (Å²) in [6.45, 7) is 4.18. The molecule has 1 aliphatic rings. The lowest BCUT2D eigenvalue weighted by Crippen LogP contribution is -2.30. The van der Waals surface area contributed by atoms with Crippen LogP contribution in [0.2, 0.25) is 0 Å². The Balaban J connectivity index is 2.02. The highest BCUT2D eigenvalue weighted by molar-refractivity contribution is 5.32. The molecule has 1 aromatic heterocycles. The Morgan fingerprint density at radius 2 is 2.41 bits per heavy atom. The van der Waals surface area contributed by atoms with Crippen molar-refractivity contribution in [2.75, 3.05) is 25.1 Å². The van der Waals surface area contributed by atoms with Crippen molar-refractivity contribution in [1.29, 1.82) is 0 Å². The first-order valence-corrected chi connectivity index (χ1v) is 6.06. The van der Waals surface area contributed by atoms with E-state index in [1.54, 1.807) is 0 Å². The molecule has 2 rings (SSSR count). The van der Waals surface area contributed by atoms with Crippen LogP contribution in [-0.4, -0.2) is 36.3 Å². The number of anilines is 1. The van der Waals surface area contributed by atoms with Crippen molar-refractivity contribution in [3.05, 3.63) is 17.5 Å². The molecule has 0 aromatic carbocycles. The minimum Gasteiger partial charge on any atom is -0.376 e. The molecule has 0 radical (unpaired) electrons. The molecule has 1 fully saturated rings. The molecular weight excluding hydrogens is 216 g/mol. The highest BCUT2D eigenvalue weighted by Gasteiger charge is 2.18. The van der Waals surface area contributed by atoms with Crippen LogP contribution >= 0.6 is 0 Å². The van der Waals surface area contributed by atoms with Crippen LogP contribution in [-0.2, 0) is 11.3 Å². The second kappa shape index (κ2) is 5.42. The first-order chi connectivity index (χ1) is 8.20. The molecule has 0 aliphatic carbocycles. The molecule has 0 amide bonds. The molecule has 0 bridgehead atoms. The van der Waals surface area contributed by atoms with Crippen molar-refractivity contribution in [2.45, 2.75) is 32.4 Å². The smallest absolute Gasteiger partial charge is 0.225 e. The third kappa shape index (κ3) is 2.92. The minimum absolute atomic E-state index is 0.318. The Morgan fingerprint density at radius 1 is 1.59 bits per heavy atom. The Labute approximate surface area is 102 Å². The zero-order valence-electron chi connectivity index (χ0n) is 10.5. The number of hydrogen-bond donors (Lipinski definition) is 1. The van der Waals surface area contributed by atoms with Crippen molar-refractivity contribution in [1.82, 2.24) is 9.97 Å². The summed E-state index contributed by atoms with van der Waals surface area (Å²) in [5, 5.41) is 0. The molecular formula is C12H20N4O. The van der Waals surface area contributed by atoms with E-state index in [-0.39, 0.29) is 0 Å². The number of hydrogen-bond acceptors (Lipinski definition) is 5. The van der Waals surface area contributed by atoms with Crippen molar-refractivity contribution >= 4 is 5.95 Å². The fourth-order valence-corrected chi connectivity index (χ4v) is 2.04. The van der Waals surface area contributed by atoms with E-state index in [1.165, 1.54) is 0 Å². The van der Waals surface area contributed by atoms with Crippen LogP contribution in [0.3, 0.4) is 0 Å². The minimum atomic E-state index is 0.318. The Bertz CT molecular complexity index is 377. The third-order valence-electron chi connectivity index (χ3n) is 3.13. The van der Waals surface area contributed by atoms with Gasteiger partial charge in [0.15, 0.2) is 0 Å². The molecule has 94 valence electrons. The SMILES string of the molecule is Cc1nc(N(C)CC2CCCO2)ncc1CN. The maximum atomic E-state index is 5.60. The normalized spacial score (nSPS) is 19.6. The number of likely N-dealkylation sites (N-methyl/N-ethyl adjacent to an activating group) is 1. The lowest BCUT2D eigenvalue weighted by molar-refractivity contribution is 0.116. The quantitative estimate of drug-likeness (QED) is 0.840. The zero-order valence-corrected chi connectivity index (χ0v) is 10.5. The third-order valence-corrected chi connectivity index (χ3v) is 3.13. The molecule has 0 saturated carbocycles. The average molecular weight is 236 g/mol. The van der Waals surface area contributed by atoms with E-state index < -0.39 is 0 Å². The first kappa shape index (κ1) is 12.3. The van der Waals surface area contributed by atoms with Gasteiger partial charge in [0.25, 0.3) is 0 Å². The average Bonchev–Trinajstić information content (AvgIpc) is 2.81. The lowest BCUT2D eigenvalue weighted by Gasteiger charge is -2.21. The summed E-state index contributed by atoms with van der Waals surface area (Å²) in [5.74, 6) is 0.746. The van der Waals surface area contributed by atoms with Crippen LogP contribution in [0.4, 0.5) is 5.95 Å². The fourth-order valence-electron chi connectivity index (χ4n) is 2.04. The van der Waals surface area contributed by atoms with E-state index in [0.717, 1.165) is 43.2 Å². The van der Waals surface area contributed by atoms with Gasteiger partial charge < -0.3 is 15.4 Å². The maximum Gasteiger partial charge on any atom is 0.225 e. The van der Waals surface area contributed by atoms with Gasteiger partial charge in [-0.25, -0.2) is 9.97 Å². The molecule has 1 aromatic rings. The number of rotatable bonds is 4. The second-order valence-electron chi connectivity index (χ2n) is 4.50. The highest BCUT2D eigenvalue weighted by Crippen LogP contribution is 2.16. The predicted molar refractivity (Wildman–Crippen MR) is 66.9 cm³/mol. The Morgan fingerprint density at radius 3 is 3.00 bits per heavy atom. The first-order valence-electron chi connectivity index (χ1n) is 6.06. The number of aryl methyl sites for hydroxylation is 1. The van der Waals surface area contributed by atoms with E-state index in [1.807, 2.05) is 25.1 Å². The van der Waals surface area contributed by atoms with E-state index in [0.29, 0.717) is 12.6 Å². The molecule has 1 atom stereocenters. The van der Waals surface area contributed by atoms with Gasteiger partial charge in [0.05, 0.1) is 6.10 Å². The molecule has 1 aliphatic heterocycles. The van der Waals surface area contributed by atoms with Crippen LogP contribution in [0.15, 0.2) is 6.20 Å². The molecule has 2 N–H and O–H groups in total. The van der Waals surface area contributed by atoms with Gasteiger partial charge in [-0.05, 0) is 19.8 Å². The maximum absolute atomic E-state index is 5.60. The van der Waals surface area contributed by atoms with Crippen molar-refractivity contribution in [3.63, 3.8) is 0 Å². The van der Waals surface area contributed by atoms with Crippen molar-refractivity contribution < 1.29 is 4.74 Å². The topological polar surface area (TPSA) is 64.3 Å². The summed E-state index contributed by atoms with van der Waals surface area (Å²) in [4.78, 5) is 10.8. The van der Waals surface area contributed by atoms with Crippen LogP contribution < -0.4 is 10.6 Å². The van der Waals surface area contributed by atoms with Gasteiger partial charge in [-0.2, -0.15) is 0 Å². The summed E-state index contributed by atoms with van der Waals surface area (Å²) >= 11 is 0. The number of nitrogens with two attached hydrogens (primary N) is 1. The molecule has 17 heavy (non-hydrogen) atoms. The van der Waals surface area contributed by atoms with Gasteiger partial charge >= 0.3 is 0 Å². The molecule has 1 unspecified atom stereocenters. The standard InChI is InChI=1S/C12H20N4O/c1-9-10(6-13)7-14-12(15-9)16(2)8-11-4-3-5-17-11/h7,11H,3-6,8,13H2,1-2H3. The molecule has 5 nitrogen and oxygen atoms in total. The second-order valence-corrected chi connectivity index (χ2v) is 4.50. The van der Waals surface area contributed by atoms with Gasteiger partial charge in [-0.3, -0.25) is 0 Å². The summed E-state index contributed by atoms with van der Waals surface area (Å²) in [6.07, 6.45) is 4.41. The van der Waals surface area contributed by atoms with Crippen LogP contribution in [0.1, 0.15) is 24.1 Å². The summed E-state index contributed by atoms with van der Waals surface area (Å²) < 4.78 is 5.60. The molecule has 0 spiro atoms. The fraction of sp³-hybridized carbons (Fsp3) is 0.667. The van der Waals surface area contributed by atoms with Crippen LogP contribution in [0.5, 0.6) is 0 Å². The highest BCUT2D eigenvalue weighted by atomic mass is 16.5. The van der Waals surface area contributed by atoms with Gasteiger partial charge in [0.1, 0.15) is 0 Å². The van der Waals surface area contributed by atoms with Gasteiger partial charge in [-0.15, -0.1) is 0 Å². The largest absolute Gasteiger partial charge is 0.376 e. The number of nitrogens with zero attached hydrogens (tertiary/aromatic N) is 3. The zero-order chi connectivity index (χ0) is 12.3. The number of aromatic nitrogens is 2. The van der Waals surface area contributed by atoms with E-state index >= 15 is 0 Å². The summed E-state index contributed by atoms with van der Waals surface area (Å²) in [6, 6.07) is 0. The molecule has 1 saturated heterocycles. The molecule has 5 heteroatoms. The van der Waals surface area contributed by atoms with Gasteiger partial charge in [-0.1, -0.05) is 0 Å². The monoisotopic (exact) mass is 236 g/mol. The van der Waals surface area contributed by atoms with Gasteiger partial charge in [0.2, 0.25) is 5.95 Å². The number of ether oxygens (including phenoxy) is 1. The van der Waals surface area contributed by atoms with Crippen LogP contribution in [0.25, 0.3) is 0 Å².